The number of halogens is 4. The molecule has 0 saturated carbocycles. The summed E-state index contributed by atoms with van der Waals surface area (Å²) in [5.74, 6) is -0.766. The van der Waals surface area contributed by atoms with E-state index in [1.807, 2.05) is 0 Å². The van der Waals surface area contributed by atoms with Crippen molar-refractivity contribution >= 4 is 32.6 Å². The number of benzene rings is 2. The molecule has 10 nitrogen and oxygen atoms in total. The number of aliphatic hydroxyl groups excluding tert-OH is 1. The van der Waals surface area contributed by atoms with E-state index < -0.39 is 43.3 Å². The molecule has 38 heavy (non-hydrogen) atoms. The molecule has 0 unspecified atom stereocenters. The topological polar surface area (TPSA) is 125 Å². The van der Waals surface area contributed by atoms with Crippen LogP contribution in [0.4, 0.5) is 13.2 Å². The second kappa shape index (κ2) is 10.3. The highest BCUT2D eigenvalue weighted by atomic mass is 35.5. The van der Waals surface area contributed by atoms with Gasteiger partial charge in [-0.25, -0.2) is 13.2 Å². The summed E-state index contributed by atoms with van der Waals surface area (Å²) < 4.78 is 72.4. The van der Waals surface area contributed by atoms with Crippen LogP contribution in [0.5, 0.6) is 5.75 Å². The lowest BCUT2D eigenvalue weighted by Gasteiger charge is -2.12. The number of aromatic nitrogens is 4. The molecule has 0 aliphatic rings. The van der Waals surface area contributed by atoms with Gasteiger partial charge in [-0.3, -0.25) is 13.9 Å². The fourth-order valence-electron chi connectivity index (χ4n) is 3.85. The first-order valence-corrected chi connectivity index (χ1v) is 12.9. The number of hydrogen-bond acceptors (Lipinski definition) is 7. The second-order valence-electron chi connectivity index (χ2n) is 8.18. The summed E-state index contributed by atoms with van der Waals surface area (Å²) in [6, 6.07) is 10.0. The fourth-order valence-corrected chi connectivity index (χ4v) is 5.36. The highest BCUT2D eigenvalue weighted by Gasteiger charge is 2.33. The van der Waals surface area contributed by atoms with Crippen LogP contribution in [-0.2, 0) is 30.0 Å². The zero-order chi connectivity index (χ0) is 27.8. The van der Waals surface area contributed by atoms with Crippen molar-refractivity contribution in [3.63, 3.8) is 0 Å². The van der Waals surface area contributed by atoms with E-state index in [1.54, 1.807) is 24.3 Å². The Morgan fingerprint density at radius 2 is 1.76 bits per heavy atom. The van der Waals surface area contributed by atoms with Crippen molar-refractivity contribution < 1.29 is 31.4 Å². The van der Waals surface area contributed by atoms with Crippen LogP contribution in [0.15, 0.2) is 68.2 Å². The lowest BCUT2D eigenvalue weighted by molar-refractivity contribution is -0.274. The Kier molecular flexibility index (Phi) is 7.41. The first-order valence-electron chi connectivity index (χ1n) is 11.0. The van der Waals surface area contributed by atoms with Gasteiger partial charge in [0, 0.05) is 25.2 Å². The van der Waals surface area contributed by atoms with Gasteiger partial charge in [0.15, 0.2) is 11.2 Å². The highest BCUT2D eigenvalue weighted by molar-refractivity contribution is 7.91. The van der Waals surface area contributed by atoms with Crippen molar-refractivity contribution in [1.82, 2.24) is 18.7 Å². The van der Waals surface area contributed by atoms with Crippen LogP contribution in [0, 0.1) is 0 Å². The SMILES string of the molecule is Cn1c(=O)n(CCCO)c(=O)c2c1nc(S(=O)(=O)c1cccc(OC(F)(F)F)c1)n2Cc1ccc(Cl)cc1. The summed E-state index contributed by atoms with van der Waals surface area (Å²) >= 11 is 5.95. The van der Waals surface area contributed by atoms with Gasteiger partial charge < -0.3 is 14.4 Å². The van der Waals surface area contributed by atoms with E-state index >= 15 is 0 Å². The number of ether oxygens (including phenoxy) is 1. The van der Waals surface area contributed by atoms with Crippen molar-refractivity contribution in [3.8, 4) is 5.75 Å². The van der Waals surface area contributed by atoms with Crippen LogP contribution in [0.2, 0.25) is 5.02 Å². The summed E-state index contributed by atoms with van der Waals surface area (Å²) in [5.41, 5.74) is -1.56. The van der Waals surface area contributed by atoms with Crippen molar-refractivity contribution in [1.29, 1.82) is 0 Å². The van der Waals surface area contributed by atoms with Crippen molar-refractivity contribution in [2.75, 3.05) is 6.61 Å². The molecule has 0 aliphatic carbocycles. The number of nitrogens with zero attached hydrogens (tertiary/aromatic N) is 4. The first-order chi connectivity index (χ1) is 17.8. The van der Waals surface area contributed by atoms with Crippen LogP contribution >= 0.6 is 11.6 Å². The van der Waals surface area contributed by atoms with E-state index in [0.29, 0.717) is 16.7 Å². The average molecular weight is 573 g/mol. The molecule has 2 heterocycles. The molecule has 4 rings (SSSR count). The maximum atomic E-state index is 13.7. The molecular formula is C23H20ClF3N4O6S. The number of aliphatic hydroxyl groups is 1. The third kappa shape index (κ3) is 5.33. The van der Waals surface area contributed by atoms with E-state index in [1.165, 1.54) is 7.05 Å². The largest absolute Gasteiger partial charge is 0.573 e. The molecule has 0 aliphatic heterocycles. The molecule has 0 saturated heterocycles. The smallest absolute Gasteiger partial charge is 0.406 e. The van der Waals surface area contributed by atoms with Gasteiger partial charge in [0.05, 0.1) is 11.4 Å². The molecule has 4 aromatic rings. The quantitative estimate of drug-likeness (QED) is 0.344. The predicted octanol–water partition coefficient (Wildman–Crippen LogP) is 2.71. The minimum Gasteiger partial charge on any atom is -0.406 e. The highest BCUT2D eigenvalue weighted by Crippen LogP contribution is 2.29. The number of aryl methyl sites for hydroxylation is 1. The molecule has 15 heteroatoms. The third-order valence-electron chi connectivity index (χ3n) is 5.58. The van der Waals surface area contributed by atoms with E-state index in [2.05, 4.69) is 9.72 Å². The summed E-state index contributed by atoms with van der Waals surface area (Å²) in [5, 5.41) is 8.92. The summed E-state index contributed by atoms with van der Waals surface area (Å²) in [7, 11) is -3.34. The van der Waals surface area contributed by atoms with Gasteiger partial charge >= 0.3 is 12.1 Å². The Morgan fingerprint density at radius 3 is 2.39 bits per heavy atom. The lowest BCUT2D eigenvalue weighted by atomic mass is 10.2. The molecule has 1 N–H and O–H groups in total. The van der Waals surface area contributed by atoms with Gasteiger partial charge in [0.1, 0.15) is 5.75 Å². The minimum absolute atomic E-state index is 0.0864. The van der Waals surface area contributed by atoms with Crippen molar-refractivity contribution in [2.45, 2.75) is 35.9 Å². The monoisotopic (exact) mass is 572 g/mol. The van der Waals surface area contributed by atoms with Gasteiger partial charge in [-0.15, -0.1) is 13.2 Å². The van der Waals surface area contributed by atoms with Crippen molar-refractivity contribution in [2.24, 2.45) is 7.05 Å². The van der Waals surface area contributed by atoms with Gasteiger partial charge in [-0.05, 0) is 42.3 Å². The number of imidazole rings is 1. The first kappa shape index (κ1) is 27.4. The average Bonchev–Trinajstić information content (AvgIpc) is 3.23. The van der Waals surface area contributed by atoms with Gasteiger partial charge in [0.25, 0.3) is 5.56 Å². The molecule has 0 radical (unpaired) electrons. The van der Waals surface area contributed by atoms with E-state index in [0.717, 1.165) is 31.9 Å². The Bertz CT molecular complexity index is 1730. The Labute approximate surface area is 218 Å². The number of fused-ring (bicyclic) bond motifs is 1. The van der Waals surface area contributed by atoms with E-state index in [9.17, 15) is 36.3 Å². The van der Waals surface area contributed by atoms with Gasteiger partial charge in [-0.2, -0.15) is 4.98 Å². The predicted molar refractivity (Wildman–Crippen MR) is 130 cm³/mol. The normalized spacial score (nSPS) is 12.3. The molecule has 202 valence electrons. The summed E-state index contributed by atoms with van der Waals surface area (Å²) in [6.07, 6.45) is -4.97. The summed E-state index contributed by atoms with van der Waals surface area (Å²) in [6.45, 7) is -0.634. The maximum absolute atomic E-state index is 13.7. The second-order valence-corrected chi connectivity index (χ2v) is 10.5. The van der Waals surface area contributed by atoms with E-state index in [-0.39, 0.29) is 37.3 Å². The standard InChI is InChI=1S/C23H20ClF3N4O6S/c1-29-19-18(20(33)30(22(29)34)10-3-11-32)31(13-14-6-8-15(24)9-7-14)21(28-19)38(35,36)17-5-2-4-16(12-17)37-23(25,26)27/h2,4-9,12,32H,3,10-11,13H2,1H3. The fraction of sp³-hybridized carbons (Fsp3) is 0.261. The molecule has 0 amide bonds. The van der Waals surface area contributed by atoms with Crippen LogP contribution in [0.3, 0.4) is 0 Å². The van der Waals surface area contributed by atoms with E-state index in [4.69, 9.17) is 11.6 Å². The molecule has 0 atom stereocenters. The van der Waals surface area contributed by atoms with Gasteiger partial charge in [-0.1, -0.05) is 29.8 Å². The minimum atomic E-state index is -5.05. The number of rotatable bonds is 8. The van der Waals surface area contributed by atoms with Crippen LogP contribution in [0.1, 0.15) is 12.0 Å². The zero-order valence-electron chi connectivity index (χ0n) is 19.6. The van der Waals surface area contributed by atoms with Crippen LogP contribution in [-0.4, -0.2) is 45.2 Å². The Hall–Kier alpha value is -3.62. The number of sulfone groups is 1. The molecule has 2 aromatic carbocycles. The Balaban J connectivity index is 2.00. The molecule has 0 bridgehead atoms. The molecule has 0 fully saturated rings. The Morgan fingerprint density at radius 1 is 1.08 bits per heavy atom. The van der Waals surface area contributed by atoms with Crippen molar-refractivity contribution in [3.05, 3.63) is 80.0 Å². The summed E-state index contributed by atoms with van der Waals surface area (Å²) in [4.78, 5) is 29.8. The molecule has 0 spiro atoms. The van der Waals surface area contributed by atoms with Crippen LogP contribution in [0.25, 0.3) is 11.2 Å². The lowest BCUT2D eigenvalue weighted by Crippen LogP contribution is -2.40. The molecule has 2 aromatic heterocycles. The number of alkyl halides is 3. The molecular weight excluding hydrogens is 553 g/mol. The maximum Gasteiger partial charge on any atom is 0.573 e. The van der Waals surface area contributed by atoms with Crippen LogP contribution < -0.4 is 16.0 Å². The zero-order valence-corrected chi connectivity index (χ0v) is 21.2. The van der Waals surface area contributed by atoms with Gasteiger partial charge in [0.2, 0.25) is 15.0 Å². The number of hydrogen-bond donors (Lipinski definition) is 1. The third-order valence-corrected chi connectivity index (χ3v) is 7.50.